The standard InChI is InChI=1S/C24H24F3N3O/c1-14-10-23(11-14)12-18(13-23)28-22(31)21-20-16(5-3-7-19(20)29-30-21)8-15-4-2-6-17(9-15)24(25,26)27/h2-7,9,14,18H,8,10-13H2,1H3,(H,28,31)(H,29,30). The van der Waals surface area contributed by atoms with Crippen LogP contribution in [0.15, 0.2) is 42.5 Å². The second-order valence-electron chi connectivity index (χ2n) is 9.38. The fourth-order valence-electron chi connectivity index (χ4n) is 5.63. The lowest BCUT2D eigenvalue weighted by atomic mass is 9.50. The minimum atomic E-state index is -4.39. The maximum Gasteiger partial charge on any atom is 0.416 e. The van der Waals surface area contributed by atoms with Crippen molar-refractivity contribution in [3.63, 3.8) is 0 Å². The van der Waals surface area contributed by atoms with E-state index in [1.165, 1.54) is 18.9 Å². The Hall–Kier alpha value is -2.83. The molecule has 2 aliphatic rings. The number of hydrogen-bond donors (Lipinski definition) is 2. The number of rotatable bonds is 4. The van der Waals surface area contributed by atoms with Gasteiger partial charge in [0.05, 0.1) is 11.1 Å². The van der Waals surface area contributed by atoms with Crippen LogP contribution < -0.4 is 5.32 Å². The second-order valence-corrected chi connectivity index (χ2v) is 9.38. The second kappa shape index (κ2) is 7.11. The number of fused-ring (bicyclic) bond motifs is 1. The highest BCUT2D eigenvalue weighted by Crippen LogP contribution is 2.58. The van der Waals surface area contributed by atoms with Gasteiger partial charge in [-0.05, 0) is 66.7 Å². The Morgan fingerprint density at radius 3 is 2.61 bits per heavy atom. The monoisotopic (exact) mass is 427 g/mol. The molecular weight excluding hydrogens is 403 g/mol. The van der Waals surface area contributed by atoms with Crippen LogP contribution in [0.5, 0.6) is 0 Å². The van der Waals surface area contributed by atoms with Crippen molar-refractivity contribution in [2.45, 2.75) is 51.2 Å². The lowest BCUT2D eigenvalue weighted by Crippen LogP contribution is -2.55. The first-order valence-electron chi connectivity index (χ1n) is 10.7. The quantitative estimate of drug-likeness (QED) is 0.579. The van der Waals surface area contributed by atoms with E-state index in [4.69, 9.17) is 0 Å². The van der Waals surface area contributed by atoms with Gasteiger partial charge < -0.3 is 5.32 Å². The molecule has 2 aliphatic carbocycles. The third-order valence-corrected chi connectivity index (χ3v) is 6.80. The average Bonchev–Trinajstić information content (AvgIpc) is 3.10. The summed E-state index contributed by atoms with van der Waals surface area (Å²) in [5.41, 5.74) is 2.07. The lowest BCUT2D eigenvalue weighted by molar-refractivity contribution is -0.137. The van der Waals surface area contributed by atoms with Crippen LogP contribution in [-0.2, 0) is 12.6 Å². The Bertz CT molecular complexity index is 1140. The van der Waals surface area contributed by atoms with Gasteiger partial charge in [0.2, 0.25) is 0 Å². The fourth-order valence-corrected chi connectivity index (χ4v) is 5.63. The molecule has 2 N–H and O–H groups in total. The molecule has 3 aromatic rings. The molecule has 0 bridgehead atoms. The molecule has 1 spiro atoms. The van der Waals surface area contributed by atoms with Crippen LogP contribution in [-0.4, -0.2) is 22.1 Å². The number of benzene rings is 2. The zero-order valence-corrected chi connectivity index (χ0v) is 17.2. The van der Waals surface area contributed by atoms with Crippen molar-refractivity contribution in [1.29, 1.82) is 0 Å². The number of aromatic amines is 1. The summed E-state index contributed by atoms with van der Waals surface area (Å²) in [6.45, 7) is 2.26. The first-order chi connectivity index (χ1) is 14.7. The summed E-state index contributed by atoms with van der Waals surface area (Å²) in [6, 6.07) is 10.9. The van der Waals surface area contributed by atoms with E-state index in [2.05, 4.69) is 22.4 Å². The molecule has 4 nitrogen and oxygen atoms in total. The zero-order chi connectivity index (χ0) is 21.8. The van der Waals surface area contributed by atoms with E-state index >= 15 is 0 Å². The van der Waals surface area contributed by atoms with Crippen molar-refractivity contribution >= 4 is 16.8 Å². The van der Waals surface area contributed by atoms with Gasteiger partial charge in [-0.25, -0.2) is 0 Å². The number of halogens is 3. The molecule has 7 heteroatoms. The van der Waals surface area contributed by atoms with Gasteiger partial charge in [-0.2, -0.15) is 18.3 Å². The fraction of sp³-hybridized carbons (Fsp3) is 0.417. The van der Waals surface area contributed by atoms with Crippen LogP contribution in [0.4, 0.5) is 13.2 Å². The normalized spacial score (nSPS) is 25.3. The molecule has 5 rings (SSSR count). The van der Waals surface area contributed by atoms with E-state index in [1.807, 2.05) is 18.2 Å². The van der Waals surface area contributed by atoms with E-state index < -0.39 is 11.7 Å². The van der Waals surface area contributed by atoms with Gasteiger partial charge in [-0.1, -0.05) is 37.3 Å². The minimum Gasteiger partial charge on any atom is -0.348 e. The van der Waals surface area contributed by atoms with Crippen LogP contribution in [0.1, 0.15) is 59.8 Å². The minimum absolute atomic E-state index is 0.169. The van der Waals surface area contributed by atoms with Crippen molar-refractivity contribution in [3.05, 3.63) is 64.8 Å². The van der Waals surface area contributed by atoms with Crippen LogP contribution in [0, 0.1) is 11.3 Å². The van der Waals surface area contributed by atoms with Gasteiger partial charge in [0, 0.05) is 11.4 Å². The molecule has 0 saturated heterocycles. The number of aromatic nitrogens is 2. The van der Waals surface area contributed by atoms with Crippen molar-refractivity contribution in [1.82, 2.24) is 15.5 Å². The number of H-pyrrole nitrogens is 1. The van der Waals surface area contributed by atoms with E-state index in [0.29, 0.717) is 27.6 Å². The summed E-state index contributed by atoms with van der Waals surface area (Å²) < 4.78 is 39.2. The van der Waals surface area contributed by atoms with E-state index in [0.717, 1.165) is 36.5 Å². The molecule has 162 valence electrons. The summed E-state index contributed by atoms with van der Waals surface area (Å²) >= 11 is 0. The van der Waals surface area contributed by atoms with Gasteiger partial charge in [0.25, 0.3) is 5.91 Å². The van der Waals surface area contributed by atoms with Gasteiger partial charge >= 0.3 is 6.18 Å². The first kappa shape index (κ1) is 20.1. The Kier molecular flexibility index (Phi) is 4.61. The predicted octanol–water partition coefficient (Wildman–Crippen LogP) is 5.48. The molecule has 0 radical (unpaired) electrons. The number of carbonyl (C=O) groups excluding carboxylic acids is 1. The van der Waals surface area contributed by atoms with Crippen LogP contribution in [0.25, 0.3) is 10.9 Å². The highest BCUT2D eigenvalue weighted by atomic mass is 19.4. The first-order valence-corrected chi connectivity index (χ1v) is 10.7. The van der Waals surface area contributed by atoms with Crippen molar-refractivity contribution < 1.29 is 18.0 Å². The van der Waals surface area contributed by atoms with Crippen molar-refractivity contribution in [2.75, 3.05) is 0 Å². The Balaban J connectivity index is 1.37. The lowest BCUT2D eigenvalue weighted by Gasteiger charge is -2.57. The van der Waals surface area contributed by atoms with Crippen LogP contribution >= 0.6 is 0 Å². The van der Waals surface area contributed by atoms with Gasteiger partial charge in [-0.3, -0.25) is 9.89 Å². The number of carbonyl (C=O) groups is 1. The van der Waals surface area contributed by atoms with E-state index in [-0.39, 0.29) is 18.4 Å². The molecule has 2 saturated carbocycles. The summed E-state index contributed by atoms with van der Waals surface area (Å²) in [4.78, 5) is 13.0. The van der Waals surface area contributed by atoms with Gasteiger partial charge in [0.15, 0.2) is 5.69 Å². The molecular formula is C24H24F3N3O. The number of nitrogens with zero attached hydrogens (tertiary/aromatic N) is 1. The molecule has 1 amide bonds. The van der Waals surface area contributed by atoms with Gasteiger partial charge in [-0.15, -0.1) is 0 Å². The average molecular weight is 427 g/mol. The molecule has 1 heterocycles. The largest absolute Gasteiger partial charge is 0.416 e. The number of nitrogens with one attached hydrogen (secondary N) is 2. The maximum atomic E-state index is 13.1. The molecule has 0 atom stereocenters. The third kappa shape index (κ3) is 3.70. The highest BCUT2D eigenvalue weighted by Gasteiger charge is 2.51. The molecule has 31 heavy (non-hydrogen) atoms. The summed E-state index contributed by atoms with van der Waals surface area (Å²) in [5.74, 6) is 0.556. The Morgan fingerprint density at radius 2 is 1.90 bits per heavy atom. The van der Waals surface area contributed by atoms with Crippen LogP contribution in [0.2, 0.25) is 0 Å². The van der Waals surface area contributed by atoms with E-state index in [9.17, 15) is 18.0 Å². The zero-order valence-electron chi connectivity index (χ0n) is 17.2. The molecule has 0 unspecified atom stereocenters. The summed E-state index contributed by atoms with van der Waals surface area (Å²) in [6.07, 6.45) is 0.412. The molecule has 0 aliphatic heterocycles. The smallest absolute Gasteiger partial charge is 0.348 e. The summed E-state index contributed by atoms with van der Waals surface area (Å²) in [5, 5.41) is 10.9. The topological polar surface area (TPSA) is 57.8 Å². The molecule has 1 aromatic heterocycles. The predicted molar refractivity (Wildman–Crippen MR) is 112 cm³/mol. The van der Waals surface area contributed by atoms with Crippen molar-refractivity contribution in [2.24, 2.45) is 11.3 Å². The molecule has 2 aromatic carbocycles. The summed E-state index contributed by atoms with van der Waals surface area (Å²) in [7, 11) is 0. The van der Waals surface area contributed by atoms with Crippen molar-refractivity contribution in [3.8, 4) is 0 Å². The van der Waals surface area contributed by atoms with Crippen LogP contribution in [0.3, 0.4) is 0 Å². The SMILES string of the molecule is CC1CC2(C1)CC(NC(=O)c1n[nH]c3cccc(Cc4cccc(C(F)(F)F)c4)c13)C2. The maximum absolute atomic E-state index is 13.1. The Morgan fingerprint density at radius 1 is 1.16 bits per heavy atom. The van der Waals surface area contributed by atoms with Gasteiger partial charge in [0.1, 0.15) is 0 Å². The third-order valence-electron chi connectivity index (χ3n) is 6.80. The number of alkyl halides is 3. The number of hydrogen-bond acceptors (Lipinski definition) is 2. The highest BCUT2D eigenvalue weighted by molar-refractivity contribution is 6.06. The Labute approximate surface area is 178 Å². The number of amides is 1. The molecule has 2 fully saturated rings. The van der Waals surface area contributed by atoms with E-state index in [1.54, 1.807) is 6.07 Å².